The normalized spacial score (nSPS) is 16.1. The van der Waals surface area contributed by atoms with Gasteiger partial charge < -0.3 is 46.5 Å². The van der Waals surface area contributed by atoms with Gasteiger partial charge in [0.05, 0.1) is 60.9 Å². The highest BCUT2D eigenvalue weighted by atomic mass is 19.1. The second-order valence-corrected chi connectivity index (χ2v) is 12.6. The Bertz CT molecular complexity index is 2230. The smallest absolute Gasteiger partial charge is 0.343 e. The number of benzene rings is 2. The van der Waals surface area contributed by atoms with E-state index in [0.717, 1.165) is 6.07 Å². The van der Waals surface area contributed by atoms with Crippen molar-refractivity contribution in [2.75, 3.05) is 25.0 Å². The van der Waals surface area contributed by atoms with Gasteiger partial charge in [0.2, 0.25) is 23.6 Å². The fraction of sp³-hybridized carbons (Fsp3) is 0.306. The monoisotopic (exact) mass is 729 g/mol. The number of hydrogen-bond donors (Lipinski definition) is 7. The molecule has 0 bridgehead atoms. The van der Waals surface area contributed by atoms with Crippen LogP contribution in [-0.4, -0.2) is 75.0 Å². The fourth-order valence-corrected chi connectivity index (χ4v) is 6.50. The molecule has 2 aliphatic heterocycles. The van der Waals surface area contributed by atoms with Crippen molar-refractivity contribution in [3.8, 4) is 11.4 Å². The zero-order valence-corrected chi connectivity index (χ0v) is 28.5. The molecule has 276 valence electrons. The number of cyclic esters (lactones) is 1. The van der Waals surface area contributed by atoms with Crippen LogP contribution in [0, 0.1) is 5.82 Å². The minimum atomic E-state index is -2.04. The third kappa shape index (κ3) is 7.09. The van der Waals surface area contributed by atoms with E-state index in [1.165, 1.54) is 16.7 Å². The number of rotatable bonds is 12. The molecule has 1 unspecified atom stereocenters. The van der Waals surface area contributed by atoms with Crippen molar-refractivity contribution in [1.82, 2.24) is 25.5 Å². The number of nitrogens with zero attached hydrogens (tertiary/aromatic N) is 2. The van der Waals surface area contributed by atoms with Crippen molar-refractivity contribution in [3.05, 3.63) is 92.5 Å². The molecule has 2 atom stereocenters. The Hall–Kier alpha value is -6.04. The Morgan fingerprint density at radius 1 is 1.04 bits per heavy atom. The van der Waals surface area contributed by atoms with E-state index in [0.29, 0.717) is 16.7 Å². The SMILES string of the molecule is CC[C@@]1(O)C(=O)OCc2c1cc1n(c2=O)Cc2c-1nc1cc(F)c(NC(=O)CNC(=O)C(Cc3ccccc3)NC(=O)CNC(=O)CN)cc1c2CO. The molecule has 4 amide bonds. The molecule has 8 N–H and O–H groups in total. The number of esters is 1. The van der Waals surface area contributed by atoms with Gasteiger partial charge in [-0.2, -0.15) is 0 Å². The summed E-state index contributed by atoms with van der Waals surface area (Å²) in [5.74, 6) is -4.50. The molecule has 17 heteroatoms. The lowest BCUT2D eigenvalue weighted by molar-refractivity contribution is -0.172. The molecule has 4 heterocycles. The second-order valence-electron chi connectivity index (χ2n) is 12.6. The van der Waals surface area contributed by atoms with E-state index in [1.807, 2.05) is 0 Å². The second kappa shape index (κ2) is 14.9. The summed E-state index contributed by atoms with van der Waals surface area (Å²) in [5.41, 5.74) is 4.77. The van der Waals surface area contributed by atoms with Crippen LogP contribution in [0.2, 0.25) is 0 Å². The number of aliphatic hydroxyl groups excluding tert-OH is 1. The van der Waals surface area contributed by atoms with Crippen molar-refractivity contribution < 1.29 is 43.3 Å². The van der Waals surface area contributed by atoms with Crippen LogP contribution < -0.4 is 32.6 Å². The van der Waals surface area contributed by atoms with Gasteiger partial charge in [-0.3, -0.25) is 24.0 Å². The van der Waals surface area contributed by atoms with Crippen molar-refractivity contribution in [1.29, 1.82) is 0 Å². The van der Waals surface area contributed by atoms with Gasteiger partial charge in [-0.25, -0.2) is 14.2 Å². The topological polar surface area (TPSA) is 244 Å². The van der Waals surface area contributed by atoms with Crippen LogP contribution in [-0.2, 0) is 60.5 Å². The molecule has 0 fully saturated rings. The van der Waals surface area contributed by atoms with Crippen LogP contribution in [0.15, 0.2) is 53.3 Å². The number of halogens is 1. The van der Waals surface area contributed by atoms with Gasteiger partial charge in [-0.1, -0.05) is 37.3 Å². The van der Waals surface area contributed by atoms with Crippen molar-refractivity contribution in [2.45, 2.75) is 51.2 Å². The van der Waals surface area contributed by atoms with Crippen LogP contribution in [0.5, 0.6) is 0 Å². The van der Waals surface area contributed by atoms with Crippen LogP contribution in [0.3, 0.4) is 0 Å². The molecule has 2 aromatic carbocycles. The summed E-state index contributed by atoms with van der Waals surface area (Å²) in [7, 11) is 0. The summed E-state index contributed by atoms with van der Waals surface area (Å²) < 4.78 is 22.0. The molecule has 2 aliphatic rings. The Labute approximate surface area is 300 Å². The Morgan fingerprint density at radius 2 is 1.77 bits per heavy atom. The first kappa shape index (κ1) is 36.7. The van der Waals surface area contributed by atoms with Gasteiger partial charge in [0, 0.05) is 29.0 Å². The van der Waals surface area contributed by atoms with E-state index >= 15 is 4.39 Å². The first-order valence-corrected chi connectivity index (χ1v) is 16.7. The van der Waals surface area contributed by atoms with E-state index in [2.05, 4.69) is 26.3 Å². The number of pyridine rings is 2. The maximum Gasteiger partial charge on any atom is 0.343 e. The van der Waals surface area contributed by atoms with E-state index in [4.69, 9.17) is 10.5 Å². The zero-order chi connectivity index (χ0) is 38.0. The first-order valence-electron chi connectivity index (χ1n) is 16.7. The largest absolute Gasteiger partial charge is 0.458 e. The molecular weight excluding hydrogens is 693 g/mol. The van der Waals surface area contributed by atoms with Crippen LogP contribution >= 0.6 is 0 Å². The number of anilines is 1. The maximum atomic E-state index is 15.5. The molecule has 0 spiro atoms. The van der Waals surface area contributed by atoms with E-state index < -0.39 is 72.3 Å². The van der Waals surface area contributed by atoms with E-state index in [-0.39, 0.29) is 71.6 Å². The summed E-state index contributed by atoms with van der Waals surface area (Å²) in [4.78, 5) is 80.7. The Morgan fingerprint density at radius 3 is 2.47 bits per heavy atom. The molecule has 53 heavy (non-hydrogen) atoms. The molecule has 2 aromatic heterocycles. The molecule has 4 aromatic rings. The zero-order valence-electron chi connectivity index (χ0n) is 28.5. The Balaban J connectivity index is 1.22. The number of carbonyl (C=O) groups excluding carboxylic acids is 5. The van der Waals surface area contributed by atoms with Gasteiger partial charge in [0.15, 0.2) is 5.60 Å². The number of aromatic nitrogens is 2. The van der Waals surface area contributed by atoms with Crippen molar-refractivity contribution in [3.63, 3.8) is 0 Å². The van der Waals surface area contributed by atoms with Crippen molar-refractivity contribution in [2.24, 2.45) is 5.73 Å². The van der Waals surface area contributed by atoms with E-state index in [9.17, 15) is 39.0 Å². The summed E-state index contributed by atoms with van der Waals surface area (Å²) in [5, 5.41) is 31.6. The van der Waals surface area contributed by atoms with Gasteiger partial charge >= 0.3 is 5.97 Å². The summed E-state index contributed by atoms with van der Waals surface area (Å²) in [6, 6.07) is 11.5. The summed E-state index contributed by atoms with van der Waals surface area (Å²) >= 11 is 0. The molecule has 6 rings (SSSR count). The number of aliphatic hydroxyl groups is 2. The minimum absolute atomic E-state index is 0.0146. The molecule has 0 saturated heterocycles. The lowest BCUT2D eigenvalue weighted by Gasteiger charge is -2.31. The number of ether oxygens (including phenoxy) is 1. The van der Waals surface area contributed by atoms with Gasteiger partial charge in [0.1, 0.15) is 18.5 Å². The molecule has 16 nitrogen and oxygen atoms in total. The molecule has 0 radical (unpaired) electrons. The standard InChI is InChI=1S/C36H36FN7O9/c1-2-36(52)23-10-28-32-20(15-44(28)34(50)22(23)17-53-35(36)51)21(16-45)19-9-26(24(37)11-25(19)43-32)41-31(48)14-40-33(49)27(8-18-6-4-3-5-7-18)42-30(47)13-39-29(46)12-38/h3-7,9-11,27,45,52H,2,8,12-17,38H2,1H3,(H,39,46)(H,40,49)(H,41,48)(H,42,47)/t27?,36-/m0/s1. The van der Waals surface area contributed by atoms with Gasteiger partial charge in [0.25, 0.3) is 5.56 Å². The predicted molar refractivity (Wildman–Crippen MR) is 186 cm³/mol. The third-order valence-corrected chi connectivity index (χ3v) is 9.32. The third-order valence-electron chi connectivity index (χ3n) is 9.32. The predicted octanol–water partition coefficient (Wildman–Crippen LogP) is -0.432. The number of amides is 4. The van der Waals surface area contributed by atoms with Crippen LogP contribution in [0.25, 0.3) is 22.3 Å². The summed E-state index contributed by atoms with van der Waals surface area (Å²) in [6.45, 7) is -0.640. The highest BCUT2D eigenvalue weighted by Crippen LogP contribution is 2.40. The quantitative estimate of drug-likeness (QED) is 0.0813. The van der Waals surface area contributed by atoms with Crippen molar-refractivity contribution >= 4 is 46.2 Å². The average Bonchev–Trinajstić information content (AvgIpc) is 3.52. The number of hydrogen-bond acceptors (Lipinski definition) is 11. The van der Waals surface area contributed by atoms with Crippen LogP contribution in [0.4, 0.5) is 10.1 Å². The minimum Gasteiger partial charge on any atom is -0.458 e. The average molecular weight is 730 g/mol. The number of nitrogens with two attached hydrogens (primary N) is 1. The van der Waals surface area contributed by atoms with Gasteiger partial charge in [-0.15, -0.1) is 0 Å². The van der Waals surface area contributed by atoms with Gasteiger partial charge in [-0.05, 0) is 29.7 Å². The molecular formula is C36H36FN7O9. The lowest BCUT2D eigenvalue weighted by Crippen LogP contribution is -2.51. The number of nitrogens with one attached hydrogen (secondary N) is 4. The highest BCUT2D eigenvalue weighted by Gasteiger charge is 2.45. The lowest BCUT2D eigenvalue weighted by atomic mass is 9.86. The molecule has 0 aliphatic carbocycles. The number of fused-ring (bicyclic) bond motifs is 5. The maximum absolute atomic E-state index is 15.5. The highest BCUT2D eigenvalue weighted by molar-refractivity contribution is 5.99. The van der Waals surface area contributed by atoms with Crippen LogP contribution in [0.1, 0.15) is 41.2 Å². The number of carbonyl (C=O) groups is 5. The van der Waals surface area contributed by atoms with E-state index in [1.54, 1.807) is 37.3 Å². The molecule has 0 saturated carbocycles. The first-order chi connectivity index (χ1) is 25.4. The Kier molecular flexibility index (Phi) is 10.3. The summed E-state index contributed by atoms with van der Waals surface area (Å²) in [6.07, 6.45) is 0.0157. The fourth-order valence-electron chi connectivity index (χ4n) is 6.50.